The molecule has 1 fully saturated rings. The van der Waals surface area contributed by atoms with Gasteiger partial charge in [0.15, 0.2) is 0 Å². The third-order valence-corrected chi connectivity index (χ3v) is 4.91. The summed E-state index contributed by atoms with van der Waals surface area (Å²) in [4.78, 5) is 39.2. The van der Waals surface area contributed by atoms with E-state index in [0.29, 0.717) is 28.1 Å². The fourth-order valence-corrected chi connectivity index (χ4v) is 3.41. The van der Waals surface area contributed by atoms with E-state index in [1.54, 1.807) is 49.6 Å². The minimum atomic E-state index is -1.19. The van der Waals surface area contributed by atoms with Crippen molar-refractivity contribution in [1.29, 1.82) is 0 Å². The van der Waals surface area contributed by atoms with E-state index in [1.165, 1.54) is 16.1 Å². The zero-order valence-corrected chi connectivity index (χ0v) is 16.1. The highest BCUT2D eigenvalue weighted by atomic mass is 16.5. The Kier molecular flexibility index (Phi) is 5.01. The highest BCUT2D eigenvalue weighted by Gasteiger charge is 2.34. The quantitative estimate of drug-likeness (QED) is 0.661. The largest absolute Gasteiger partial charge is 0.497 e. The molecule has 1 aromatic heterocycles. The van der Waals surface area contributed by atoms with Gasteiger partial charge in [0.05, 0.1) is 19.3 Å². The summed E-state index contributed by atoms with van der Waals surface area (Å²) in [6, 6.07) is 11.5. The van der Waals surface area contributed by atoms with E-state index in [2.05, 4.69) is 5.32 Å². The number of rotatable bonds is 5. The van der Waals surface area contributed by atoms with Gasteiger partial charge in [-0.15, -0.1) is 0 Å². The number of amides is 4. The number of imide groups is 1. The lowest BCUT2D eigenvalue weighted by molar-refractivity contribution is -0.129. The lowest BCUT2D eigenvalue weighted by Crippen LogP contribution is -2.52. The highest BCUT2D eigenvalue weighted by molar-refractivity contribution is 6.09. The van der Waals surface area contributed by atoms with Crippen molar-refractivity contribution in [2.45, 2.75) is 13.0 Å². The first-order valence-corrected chi connectivity index (χ1v) is 9.22. The van der Waals surface area contributed by atoms with Crippen molar-refractivity contribution >= 4 is 40.4 Å². The van der Waals surface area contributed by atoms with Gasteiger partial charge in [0.25, 0.3) is 0 Å². The number of furan rings is 1. The SMILES string of the molecule is COc1ccc(CN2C(=O)CCN(c3coc4ccc(NC(=O)O)cc34)C2=O)cc1. The molecular formula is C21H19N3O6. The number of carbonyl (C=O) groups is 3. The Labute approximate surface area is 171 Å². The molecule has 0 atom stereocenters. The first kappa shape index (κ1) is 19.3. The summed E-state index contributed by atoms with van der Waals surface area (Å²) in [6.07, 6.45) is 0.417. The normalized spacial score (nSPS) is 14.3. The average molecular weight is 409 g/mol. The van der Waals surface area contributed by atoms with E-state index in [0.717, 1.165) is 5.56 Å². The van der Waals surface area contributed by atoms with Crippen molar-refractivity contribution in [1.82, 2.24) is 4.90 Å². The molecule has 3 aromatic rings. The monoisotopic (exact) mass is 409 g/mol. The molecule has 4 amide bonds. The van der Waals surface area contributed by atoms with Crippen LogP contribution in [-0.4, -0.2) is 41.7 Å². The molecule has 9 nitrogen and oxygen atoms in total. The van der Waals surface area contributed by atoms with Crippen molar-refractivity contribution in [2.24, 2.45) is 0 Å². The Morgan fingerprint density at radius 2 is 1.97 bits per heavy atom. The van der Waals surface area contributed by atoms with Gasteiger partial charge in [-0.05, 0) is 35.9 Å². The van der Waals surface area contributed by atoms with Gasteiger partial charge in [-0.25, -0.2) is 9.59 Å². The topological polar surface area (TPSA) is 112 Å². The van der Waals surface area contributed by atoms with E-state index >= 15 is 0 Å². The molecule has 0 radical (unpaired) electrons. The Morgan fingerprint density at radius 3 is 2.67 bits per heavy atom. The van der Waals surface area contributed by atoms with E-state index in [4.69, 9.17) is 14.3 Å². The Balaban J connectivity index is 1.62. The Morgan fingerprint density at radius 1 is 1.20 bits per heavy atom. The zero-order valence-electron chi connectivity index (χ0n) is 16.1. The van der Waals surface area contributed by atoms with Crippen LogP contribution in [-0.2, 0) is 11.3 Å². The summed E-state index contributed by atoms with van der Waals surface area (Å²) in [6.45, 7) is 0.349. The Hall–Kier alpha value is -4.01. The third kappa shape index (κ3) is 3.64. The van der Waals surface area contributed by atoms with Crippen LogP contribution in [0.5, 0.6) is 5.75 Å². The molecular weight excluding hydrogens is 390 g/mol. The van der Waals surface area contributed by atoms with Gasteiger partial charge in [-0.2, -0.15) is 0 Å². The lowest BCUT2D eigenvalue weighted by atomic mass is 10.1. The van der Waals surface area contributed by atoms with E-state index < -0.39 is 12.1 Å². The molecule has 30 heavy (non-hydrogen) atoms. The first-order chi connectivity index (χ1) is 14.5. The van der Waals surface area contributed by atoms with Crippen LogP contribution in [0.2, 0.25) is 0 Å². The molecule has 0 bridgehead atoms. The number of anilines is 2. The van der Waals surface area contributed by atoms with Crippen LogP contribution >= 0.6 is 0 Å². The number of carbonyl (C=O) groups excluding carboxylic acids is 2. The molecule has 154 valence electrons. The van der Waals surface area contributed by atoms with Crippen molar-refractivity contribution in [3.05, 3.63) is 54.3 Å². The number of nitrogens with one attached hydrogen (secondary N) is 1. The second-order valence-electron chi connectivity index (χ2n) is 6.77. The third-order valence-electron chi connectivity index (χ3n) is 4.91. The molecule has 4 rings (SSSR count). The van der Waals surface area contributed by atoms with Gasteiger partial charge < -0.3 is 14.3 Å². The molecule has 9 heteroatoms. The summed E-state index contributed by atoms with van der Waals surface area (Å²) < 4.78 is 10.7. The summed E-state index contributed by atoms with van der Waals surface area (Å²) in [5.74, 6) is 0.431. The van der Waals surface area contributed by atoms with Crippen molar-refractivity contribution in [2.75, 3.05) is 23.9 Å². The predicted octanol–water partition coefficient (Wildman–Crippen LogP) is 3.89. The number of fused-ring (bicyclic) bond motifs is 1. The molecule has 1 aliphatic heterocycles. The van der Waals surface area contributed by atoms with E-state index in [-0.39, 0.29) is 25.4 Å². The molecule has 1 saturated heterocycles. The Bertz CT molecular complexity index is 1120. The fourth-order valence-electron chi connectivity index (χ4n) is 3.41. The minimum Gasteiger partial charge on any atom is -0.497 e. The van der Waals surface area contributed by atoms with Crippen LogP contribution in [0.4, 0.5) is 21.0 Å². The number of hydrogen-bond acceptors (Lipinski definition) is 5. The van der Waals surface area contributed by atoms with E-state index in [1.807, 2.05) is 0 Å². The number of carboxylic acid groups (broad SMARTS) is 1. The number of urea groups is 1. The van der Waals surface area contributed by atoms with E-state index in [9.17, 15) is 14.4 Å². The molecule has 0 saturated carbocycles. The molecule has 1 aliphatic rings. The number of benzene rings is 2. The molecule has 2 N–H and O–H groups in total. The van der Waals surface area contributed by atoms with Crippen LogP contribution < -0.4 is 15.0 Å². The maximum absolute atomic E-state index is 13.1. The van der Waals surface area contributed by atoms with Gasteiger partial charge in [0, 0.05) is 24.0 Å². The molecule has 2 heterocycles. The van der Waals surface area contributed by atoms with Crippen LogP contribution in [0.3, 0.4) is 0 Å². The highest BCUT2D eigenvalue weighted by Crippen LogP contribution is 2.33. The molecule has 0 spiro atoms. The average Bonchev–Trinajstić information content (AvgIpc) is 3.14. The lowest BCUT2D eigenvalue weighted by Gasteiger charge is -2.33. The summed E-state index contributed by atoms with van der Waals surface area (Å²) >= 11 is 0. The summed E-state index contributed by atoms with van der Waals surface area (Å²) in [5, 5.41) is 11.8. The molecule has 0 aliphatic carbocycles. The van der Waals surface area contributed by atoms with Crippen LogP contribution in [0.25, 0.3) is 11.0 Å². The number of nitrogens with zero attached hydrogens (tertiary/aromatic N) is 2. The number of methoxy groups -OCH3 is 1. The van der Waals surface area contributed by atoms with Gasteiger partial charge in [0.2, 0.25) is 5.91 Å². The fraction of sp³-hybridized carbons (Fsp3) is 0.190. The van der Waals surface area contributed by atoms with Crippen LogP contribution in [0, 0.1) is 0 Å². The zero-order chi connectivity index (χ0) is 21.3. The van der Waals surface area contributed by atoms with Gasteiger partial charge in [0.1, 0.15) is 17.6 Å². The van der Waals surface area contributed by atoms with Gasteiger partial charge in [-0.1, -0.05) is 12.1 Å². The van der Waals surface area contributed by atoms with Crippen molar-refractivity contribution in [3.63, 3.8) is 0 Å². The van der Waals surface area contributed by atoms with Crippen molar-refractivity contribution < 1.29 is 28.6 Å². The maximum Gasteiger partial charge on any atom is 0.409 e. The minimum absolute atomic E-state index is 0.139. The van der Waals surface area contributed by atoms with Gasteiger partial charge in [-0.3, -0.25) is 19.9 Å². The van der Waals surface area contributed by atoms with Crippen molar-refractivity contribution in [3.8, 4) is 5.75 Å². The second-order valence-corrected chi connectivity index (χ2v) is 6.77. The molecule has 2 aromatic carbocycles. The first-order valence-electron chi connectivity index (χ1n) is 9.22. The number of hydrogen-bond donors (Lipinski definition) is 2. The second kappa shape index (κ2) is 7.78. The predicted molar refractivity (Wildman–Crippen MR) is 109 cm³/mol. The summed E-state index contributed by atoms with van der Waals surface area (Å²) in [7, 11) is 1.57. The van der Waals surface area contributed by atoms with Gasteiger partial charge >= 0.3 is 12.1 Å². The maximum atomic E-state index is 13.1. The smallest absolute Gasteiger partial charge is 0.409 e. The van der Waals surface area contributed by atoms with Crippen LogP contribution in [0.1, 0.15) is 12.0 Å². The molecule has 0 unspecified atom stereocenters. The van der Waals surface area contributed by atoms with Crippen LogP contribution in [0.15, 0.2) is 53.1 Å². The standard InChI is InChI=1S/C21H19N3O6/c1-29-15-5-2-13(3-6-15)11-24-19(25)8-9-23(21(24)28)17-12-30-18-7-4-14(10-16(17)18)22-20(26)27/h2-7,10,12,22H,8-9,11H2,1H3,(H,26,27). The number of ether oxygens (including phenoxy) is 1. The summed E-state index contributed by atoms with van der Waals surface area (Å²) in [5.41, 5.74) is 2.14.